The smallest absolute Gasteiger partial charge is 0.242 e. The molecule has 0 radical (unpaired) electrons. The second-order valence-electron chi connectivity index (χ2n) is 7.03. The Balaban J connectivity index is 0.00000176. The zero-order valence-electron chi connectivity index (χ0n) is 13.1. The van der Waals surface area contributed by atoms with Crippen LogP contribution in [0, 0.1) is 17.8 Å². The number of nitrogens with two attached hydrogens (primary N) is 1. The van der Waals surface area contributed by atoms with E-state index in [4.69, 9.17) is 5.73 Å². The molecule has 2 saturated carbocycles. The fraction of sp³-hybridized carbons (Fsp3) is 0.875. The molecule has 0 aromatic heterocycles. The second-order valence-corrected chi connectivity index (χ2v) is 7.03. The average molecular weight is 330 g/mol. The van der Waals surface area contributed by atoms with Gasteiger partial charge in [-0.3, -0.25) is 9.59 Å². The van der Waals surface area contributed by atoms with Gasteiger partial charge in [-0.15, -0.1) is 12.4 Å². The van der Waals surface area contributed by atoms with Crippen molar-refractivity contribution < 1.29 is 9.59 Å². The predicted molar refractivity (Wildman–Crippen MR) is 87.6 cm³/mol. The number of rotatable bonds is 5. The molecule has 1 aliphatic heterocycles. The summed E-state index contributed by atoms with van der Waals surface area (Å²) in [5, 5.41) is 2.60. The summed E-state index contributed by atoms with van der Waals surface area (Å²) in [7, 11) is 0. The molecule has 0 spiro atoms. The molecule has 4 atom stereocenters. The Kier molecular flexibility index (Phi) is 6.09. The van der Waals surface area contributed by atoms with E-state index in [-0.39, 0.29) is 37.3 Å². The minimum absolute atomic E-state index is 0. The first-order valence-electron chi connectivity index (χ1n) is 8.43. The second kappa shape index (κ2) is 7.64. The molecule has 1 saturated heterocycles. The van der Waals surface area contributed by atoms with E-state index in [2.05, 4.69) is 5.32 Å². The summed E-state index contributed by atoms with van der Waals surface area (Å²) in [6.07, 6.45) is 9.05. The average Bonchev–Trinajstić information content (AvgIpc) is 3.20. The number of carbonyl (C=O) groups is 2. The third-order valence-corrected chi connectivity index (χ3v) is 5.78. The van der Waals surface area contributed by atoms with Crippen molar-refractivity contribution >= 4 is 24.2 Å². The molecule has 3 aliphatic rings. The molecule has 2 aliphatic carbocycles. The van der Waals surface area contributed by atoms with Crippen molar-refractivity contribution in [3.05, 3.63) is 0 Å². The molecule has 0 aromatic rings. The standard InChI is InChI=1S/C16H27N3O2.ClH/c17-9-15(20)18-10-16(21)19-5-1-2-14(19)8-13-7-11-3-4-12(13)6-11;/h11-14H,1-10,17H2,(H,18,20);1H. The summed E-state index contributed by atoms with van der Waals surface area (Å²) in [5.41, 5.74) is 5.25. The first-order chi connectivity index (χ1) is 10.2. The van der Waals surface area contributed by atoms with Gasteiger partial charge in [-0.1, -0.05) is 6.42 Å². The topological polar surface area (TPSA) is 75.4 Å². The van der Waals surface area contributed by atoms with Gasteiger partial charge in [0.2, 0.25) is 11.8 Å². The van der Waals surface area contributed by atoms with Gasteiger partial charge >= 0.3 is 0 Å². The molecule has 1 heterocycles. The van der Waals surface area contributed by atoms with Crippen LogP contribution < -0.4 is 11.1 Å². The number of carbonyl (C=O) groups excluding carboxylic acids is 2. The van der Waals surface area contributed by atoms with E-state index in [1.54, 1.807) is 0 Å². The van der Waals surface area contributed by atoms with E-state index in [1.807, 2.05) is 4.90 Å². The fourth-order valence-electron chi connectivity index (χ4n) is 4.77. The van der Waals surface area contributed by atoms with Crippen molar-refractivity contribution in [3.8, 4) is 0 Å². The zero-order chi connectivity index (χ0) is 14.8. The molecule has 2 bridgehead atoms. The molecular weight excluding hydrogens is 302 g/mol. The van der Waals surface area contributed by atoms with E-state index < -0.39 is 0 Å². The highest BCUT2D eigenvalue weighted by atomic mass is 35.5. The molecule has 2 amide bonds. The van der Waals surface area contributed by atoms with Crippen molar-refractivity contribution in [3.63, 3.8) is 0 Å². The van der Waals surface area contributed by atoms with Gasteiger partial charge < -0.3 is 16.0 Å². The molecule has 0 aromatic carbocycles. The maximum atomic E-state index is 12.3. The molecule has 22 heavy (non-hydrogen) atoms. The van der Waals surface area contributed by atoms with E-state index in [9.17, 15) is 9.59 Å². The summed E-state index contributed by atoms with van der Waals surface area (Å²) < 4.78 is 0. The molecule has 5 nitrogen and oxygen atoms in total. The van der Waals surface area contributed by atoms with Gasteiger partial charge in [0, 0.05) is 12.6 Å². The van der Waals surface area contributed by atoms with Gasteiger partial charge in [-0.25, -0.2) is 0 Å². The van der Waals surface area contributed by atoms with E-state index >= 15 is 0 Å². The number of amides is 2. The number of nitrogens with one attached hydrogen (secondary N) is 1. The SMILES string of the molecule is Cl.NCC(=O)NCC(=O)N1CCCC1CC1CC2CCC1C2. The van der Waals surface area contributed by atoms with E-state index in [0.29, 0.717) is 6.04 Å². The third-order valence-electron chi connectivity index (χ3n) is 5.78. The monoisotopic (exact) mass is 329 g/mol. The van der Waals surface area contributed by atoms with Crippen LogP contribution in [0.2, 0.25) is 0 Å². The van der Waals surface area contributed by atoms with Gasteiger partial charge in [-0.2, -0.15) is 0 Å². The molecule has 126 valence electrons. The number of likely N-dealkylation sites (tertiary alicyclic amines) is 1. The van der Waals surface area contributed by atoms with Gasteiger partial charge in [0.25, 0.3) is 0 Å². The molecule has 3 N–H and O–H groups in total. The summed E-state index contributed by atoms with van der Waals surface area (Å²) >= 11 is 0. The Bertz CT molecular complexity index is 418. The number of nitrogens with zero attached hydrogens (tertiary/aromatic N) is 1. The van der Waals surface area contributed by atoms with Crippen LogP contribution in [0.4, 0.5) is 0 Å². The van der Waals surface area contributed by atoms with Crippen molar-refractivity contribution in [2.45, 2.75) is 51.0 Å². The highest BCUT2D eigenvalue weighted by molar-refractivity contribution is 5.86. The van der Waals surface area contributed by atoms with Crippen molar-refractivity contribution in [2.24, 2.45) is 23.5 Å². The lowest BCUT2D eigenvalue weighted by Gasteiger charge is -2.30. The van der Waals surface area contributed by atoms with Gasteiger partial charge in [0.05, 0.1) is 13.1 Å². The maximum Gasteiger partial charge on any atom is 0.242 e. The van der Waals surface area contributed by atoms with Gasteiger partial charge in [-0.05, 0) is 56.3 Å². The Morgan fingerprint density at radius 2 is 2.00 bits per heavy atom. The van der Waals surface area contributed by atoms with Gasteiger partial charge in [0.1, 0.15) is 0 Å². The normalized spacial score (nSPS) is 32.9. The van der Waals surface area contributed by atoms with Crippen molar-refractivity contribution in [2.75, 3.05) is 19.6 Å². The molecule has 3 rings (SSSR count). The highest BCUT2D eigenvalue weighted by Gasteiger charge is 2.41. The lowest BCUT2D eigenvalue weighted by atomic mass is 9.83. The summed E-state index contributed by atoms with van der Waals surface area (Å²) in [4.78, 5) is 25.5. The van der Waals surface area contributed by atoms with E-state index in [0.717, 1.165) is 37.1 Å². The molecule has 4 unspecified atom stereocenters. The lowest BCUT2D eigenvalue weighted by molar-refractivity contribution is -0.133. The van der Waals surface area contributed by atoms with Crippen molar-refractivity contribution in [1.29, 1.82) is 0 Å². The third kappa shape index (κ3) is 3.74. The van der Waals surface area contributed by atoms with Crippen LogP contribution in [0.1, 0.15) is 44.9 Å². The van der Waals surface area contributed by atoms with E-state index in [1.165, 1.54) is 32.1 Å². The lowest BCUT2D eigenvalue weighted by Crippen LogP contribution is -2.44. The van der Waals surface area contributed by atoms with Crippen LogP contribution in [-0.4, -0.2) is 42.4 Å². The van der Waals surface area contributed by atoms with Crippen LogP contribution in [0.3, 0.4) is 0 Å². The number of halogens is 1. The summed E-state index contributed by atoms with van der Waals surface area (Å²) in [5.74, 6) is 2.52. The Labute approximate surface area is 138 Å². The van der Waals surface area contributed by atoms with Gasteiger partial charge in [0.15, 0.2) is 0 Å². The summed E-state index contributed by atoms with van der Waals surface area (Å²) in [6, 6.07) is 0.400. The fourth-order valence-corrected chi connectivity index (χ4v) is 4.77. The molecular formula is C16H28ClN3O2. The zero-order valence-corrected chi connectivity index (χ0v) is 13.9. The van der Waals surface area contributed by atoms with Crippen LogP contribution in [0.15, 0.2) is 0 Å². The Morgan fingerprint density at radius 1 is 1.18 bits per heavy atom. The van der Waals surface area contributed by atoms with Crippen LogP contribution in [0.25, 0.3) is 0 Å². The number of hydrogen-bond acceptors (Lipinski definition) is 3. The first-order valence-corrected chi connectivity index (χ1v) is 8.43. The minimum atomic E-state index is -0.257. The maximum absolute atomic E-state index is 12.3. The first kappa shape index (κ1) is 17.5. The van der Waals surface area contributed by atoms with Crippen molar-refractivity contribution in [1.82, 2.24) is 10.2 Å². The minimum Gasteiger partial charge on any atom is -0.346 e. The highest BCUT2D eigenvalue weighted by Crippen LogP contribution is 2.50. The Morgan fingerprint density at radius 3 is 2.64 bits per heavy atom. The quantitative estimate of drug-likeness (QED) is 0.798. The van der Waals surface area contributed by atoms with Crippen LogP contribution >= 0.6 is 12.4 Å². The number of fused-ring (bicyclic) bond motifs is 2. The Hall–Kier alpha value is -0.810. The molecule has 6 heteroatoms. The van der Waals surface area contributed by atoms with Crippen LogP contribution in [0.5, 0.6) is 0 Å². The largest absolute Gasteiger partial charge is 0.346 e. The number of hydrogen-bond donors (Lipinski definition) is 2. The van der Waals surface area contributed by atoms with Crippen LogP contribution in [-0.2, 0) is 9.59 Å². The summed E-state index contributed by atoms with van der Waals surface area (Å²) in [6.45, 7) is 0.897. The predicted octanol–water partition coefficient (Wildman–Crippen LogP) is 1.30. The molecule has 3 fully saturated rings.